The van der Waals surface area contributed by atoms with Crippen molar-refractivity contribution >= 4 is 51.7 Å². The van der Waals surface area contributed by atoms with Gasteiger partial charge in [0.05, 0.1) is 11.3 Å². The third-order valence-corrected chi connectivity index (χ3v) is 6.25. The molecule has 4 nitrogen and oxygen atoms in total. The van der Waals surface area contributed by atoms with Crippen LogP contribution in [-0.2, 0) is 9.59 Å². The van der Waals surface area contributed by atoms with Crippen molar-refractivity contribution in [2.24, 2.45) is 0 Å². The van der Waals surface area contributed by atoms with Crippen LogP contribution >= 0.6 is 22.9 Å². The summed E-state index contributed by atoms with van der Waals surface area (Å²) in [4.78, 5) is 28.8. The van der Waals surface area contributed by atoms with Gasteiger partial charge in [-0.3, -0.25) is 9.59 Å². The highest BCUT2D eigenvalue weighted by molar-refractivity contribution is 7.11. The quantitative estimate of drug-likeness (QED) is 0.482. The Morgan fingerprint density at radius 1 is 1.00 bits per heavy atom. The van der Waals surface area contributed by atoms with Crippen molar-refractivity contribution in [3.63, 3.8) is 0 Å². The predicted molar refractivity (Wildman–Crippen MR) is 124 cm³/mol. The van der Waals surface area contributed by atoms with E-state index in [0.29, 0.717) is 27.9 Å². The van der Waals surface area contributed by atoms with Crippen molar-refractivity contribution < 1.29 is 9.59 Å². The molecule has 1 aliphatic heterocycles. The van der Waals surface area contributed by atoms with E-state index in [-0.39, 0.29) is 17.5 Å². The zero-order valence-corrected chi connectivity index (χ0v) is 18.5. The summed E-state index contributed by atoms with van der Waals surface area (Å²) in [6, 6.07) is 16.7. The van der Waals surface area contributed by atoms with Crippen LogP contribution in [0.3, 0.4) is 0 Å². The largest absolute Gasteiger partial charge is 0.350 e. The van der Waals surface area contributed by atoms with Crippen LogP contribution in [0.25, 0.3) is 5.57 Å². The van der Waals surface area contributed by atoms with Gasteiger partial charge >= 0.3 is 0 Å². The van der Waals surface area contributed by atoms with Crippen LogP contribution in [0, 0.1) is 6.92 Å². The van der Waals surface area contributed by atoms with Crippen molar-refractivity contribution in [2.75, 3.05) is 10.2 Å². The molecule has 2 heterocycles. The second kappa shape index (κ2) is 8.09. The Kier molecular flexibility index (Phi) is 5.50. The SMILES string of the molecule is Cc1ccc(Cl)cc1NC1=C(c2cccs2)C(=O)N(c2ccc(C(C)C)cc2)C1=O. The van der Waals surface area contributed by atoms with Crippen molar-refractivity contribution in [2.45, 2.75) is 26.7 Å². The van der Waals surface area contributed by atoms with Gasteiger partial charge in [0, 0.05) is 15.6 Å². The van der Waals surface area contributed by atoms with Crippen molar-refractivity contribution in [3.8, 4) is 0 Å². The Morgan fingerprint density at radius 3 is 2.37 bits per heavy atom. The minimum absolute atomic E-state index is 0.265. The monoisotopic (exact) mass is 436 g/mol. The van der Waals surface area contributed by atoms with E-state index in [2.05, 4.69) is 19.2 Å². The smallest absolute Gasteiger partial charge is 0.282 e. The zero-order chi connectivity index (χ0) is 21.4. The van der Waals surface area contributed by atoms with Crippen LogP contribution in [0.5, 0.6) is 0 Å². The molecule has 0 saturated carbocycles. The Bertz CT molecular complexity index is 1150. The number of benzene rings is 2. The molecular weight excluding hydrogens is 416 g/mol. The highest BCUT2D eigenvalue weighted by Gasteiger charge is 2.40. The van der Waals surface area contributed by atoms with E-state index >= 15 is 0 Å². The van der Waals surface area contributed by atoms with Crippen LogP contribution < -0.4 is 10.2 Å². The first-order valence-electron chi connectivity index (χ1n) is 9.67. The minimum Gasteiger partial charge on any atom is -0.350 e. The Morgan fingerprint density at radius 2 is 1.73 bits per heavy atom. The van der Waals surface area contributed by atoms with Crippen molar-refractivity contribution in [1.29, 1.82) is 0 Å². The van der Waals surface area contributed by atoms with Crippen LogP contribution in [0.1, 0.15) is 35.8 Å². The first-order valence-corrected chi connectivity index (χ1v) is 10.9. The van der Waals surface area contributed by atoms with Gasteiger partial charge in [0.1, 0.15) is 5.70 Å². The highest BCUT2D eigenvalue weighted by Crippen LogP contribution is 2.36. The lowest BCUT2D eigenvalue weighted by atomic mass is 10.0. The third-order valence-electron chi connectivity index (χ3n) is 5.13. The molecule has 1 N–H and O–H groups in total. The molecule has 1 aliphatic rings. The number of nitrogens with one attached hydrogen (secondary N) is 1. The van der Waals surface area contributed by atoms with Gasteiger partial charge in [0.15, 0.2) is 0 Å². The molecule has 0 spiro atoms. The fourth-order valence-electron chi connectivity index (χ4n) is 3.40. The third kappa shape index (κ3) is 3.66. The average Bonchev–Trinajstić information content (AvgIpc) is 3.32. The summed E-state index contributed by atoms with van der Waals surface area (Å²) in [6.45, 7) is 6.13. The van der Waals surface area contributed by atoms with E-state index in [1.54, 1.807) is 12.1 Å². The molecule has 6 heteroatoms. The lowest BCUT2D eigenvalue weighted by molar-refractivity contribution is -0.120. The van der Waals surface area contributed by atoms with Gasteiger partial charge in [-0.25, -0.2) is 4.90 Å². The molecule has 0 bridgehead atoms. The zero-order valence-electron chi connectivity index (χ0n) is 16.9. The number of carbonyl (C=O) groups is 2. The molecule has 2 amide bonds. The molecule has 0 atom stereocenters. The molecule has 3 aromatic rings. The number of imide groups is 1. The van der Waals surface area contributed by atoms with Gasteiger partial charge in [-0.15, -0.1) is 11.3 Å². The Balaban J connectivity index is 1.78. The topological polar surface area (TPSA) is 49.4 Å². The summed E-state index contributed by atoms with van der Waals surface area (Å²) in [5.41, 5.74) is 3.98. The maximum absolute atomic E-state index is 13.4. The van der Waals surface area contributed by atoms with Gasteiger partial charge in [0.2, 0.25) is 0 Å². The lowest BCUT2D eigenvalue weighted by Crippen LogP contribution is -2.32. The number of halogens is 1. The summed E-state index contributed by atoms with van der Waals surface area (Å²) < 4.78 is 0. The maximum atomic E-state index is 13.4. The number of aryl methyl sites for hydroxylation is 1. The minimum atomic E-state index is -0.375. The van der Waals surface area contributed by atoms with Gasteiger partial charge in [0.25, 0.3) is 11.8 Å². The molecular formula is C24H21ClN2O2S. The Labute approximate surface area is 184 Å². The summed E-state index contributed by atoms with van der Waals surface area (Å²) >= 11 is 7.58. The number of carbonyl (C=O) groups excluding carboxylic acids is 2. The van der Waals surface area contributed by atoms with E-state index in [1.165, 1.54) is 16.2 Å². The summed E-state index contributed by atoms with van der Waals surface area (Å²) in [5, 5.41) is 5.63. The van der Waals surface area contributed by atoms with Gasteiger partial charge in [-0.05, 0) is 59.7 Å². The van der Waals surface area contributed by atoms with E-state index in [9.17, 15) is 9.59 Å². The lowest BCUT2D eigenvalue weighted by Gasteiger charge is -2.17. The van der Waals surface area contributed by atoms with Crippen molar-refractivity contribution in [1.82, 2.24) is 0 Å². The van der Waals surface area contributed by atoms with Crippen LogP contribution in [-0.4, -0.2) is 11.8 Å². The molecule has 152 valence electrons. The molecule has 0 saturated heterocycles. The molecule has 30 heavy (non-hydrogen) atoms. The molecule has 1 aromatic heterocycles. The molecule has 0 aliphatic carbocycles. The Hall–Kier alpha value is -2.89. The number of thiophene rings is 1. The predicted octanol–water partition coefficient (Wildman–Crippen LogP) is 6.23. The fourth-order valence-corrected chi connectivity index (χ4v) is 4.34. The van der Waals surface area contributed by atoms with E-state index in [1.807, 2.05) is 54.8 Å². The normalized spacial score (nSPS) is 14.2. The summed E-state index contributed by atoms with van der Waals surface area (Å²) in [5.74, 6) is -0.339. The average molecular weight is 437 g/mol. The number of amides is 2. The number of hydrogen-bond donors (Lipinski definition) is 1. The van der Waals surface area contributed by atoms with Gasteiger partial charge in [-0.1, -0.05) is 49.7 Å². The molecule has 4 rings (SSSR count). The second-order valence-electron chi connectivity index (χ2n) is 7.50. The highest BCUT2D eigenvalue weighted by atomic mass is 35.5. The number of rotatable bonds is 5. The maximum Gasteiger partial charge on any atom is 0.282 e. The second-order valence-corrected chi connectivity index (χ2v) is 8.89. The van der Waals surface area contributed by atoms with E-state index in [0.717, 1.165) is 16.0 Å². The van der Waals surface area contributed by atoms with Crippen LogP contribution in [0.15, 0.2) is 65.7 Å². The fraction of sp³-hybridized carbons (Fsp3) is 0.167. The number of nitrogens with zero attached hydrogens (tertiary/aromatic N) is 1. The summed E-state index contributed by atoms with van der Waals surface area (Å²) in [7, 11) is 0. The molecule has 0 radical (unpaired) electrons. The molecule has 0 unspecified atom stereocenters. The van der Waals surface area contributed by atoms with E-state index in [4.69, 9.17) is 11.6 Å². The molecule has 0 fully saturated rings. The standard InChI is InChI=1S/C24H21ClN2O2S/c1-14(2)16-7-10-18(11-8-16)27-23(28)21(20-5-4-12-30-20)22(24(27)29)26-19-13-17(25)9-6-15(19)3/h4-14,26H,1-3H3. The van der Waals surface area contributed by atoms with Gasteiger partial charge in [-0.2, -0.15) is 0 Å². The molecule has 2 aromatic carbocycles. The van der Waals surface area contributed by atoms with Crippen LogP contribution in [0.2, 0.25) is 5.02 Å². The van der Waals surface area contributed by atoms with Crippen LogP contribution in [0.4, 0.5) is 11.4 Å². The number of anilines is 2. The first-order chi connectivity index (χ1) is 14.4. The van der Waals surface area contributed by atoms with E-state index < -0.39 is 0 Å². The first kappa shape index (κ1) is 20.4. The van der Waals surface area contributed by atoms with Crippen molar-refractivity contribution in [3.05, 3.63) is 86.7 Å². The summed E-state index contributed by atoms with van der Waals surface area (Å²) in [6.07, 6.45) is 0. The van der Waals surface area contributed by atoms with Gasteiger partial charge < -0.3 is 5.32 Å². The number of hydrogen-bond acceptors (Lipinski definition) is 4.